The van der Waals surface area contributed by atoms with Crippen LogP contribution in [0.2, 0.25) is 0 Å². The molecule has 0 aromatic carbocycles. The number of halogens is 1. The van der Waals surface area contributed by atoms with Crippen LogP contribution in [0, 0.1) is 0 Å². The quantitative estimate of drug-likeness (QED) is 0.209. The van der Waals surface area contributed by atoms with Gasteiger partial charge in [0.15, 0.2) is 0 Å². The molecule has 0 N–H and O–H groups in total. The van der Waals surface area contributed by atoms with Gasteiger partial charge in [0.2, 0.25) is 0 Å². The van der Waals surface area contributed by atoms with Gasteiger partial charge in [-0.2, -0.15) is 0 Å². The molecule has 0 heterocycles. The average molecular weight is 176 g/mol. The van der Waals surface area contributed by atoms with E-state index in [4.69, 9.17) is 14.4 Å². The van der Waals surface area contributed by atoms with E-state index >= 15 is 0 Å². The summed E-state index contributed by atoms with van der Waals surface area (Å²) >= 11 is 4.64. The van der Waals surface area contributed by atoms with Gasteiger partial charge < -0.3 is 14.4 Å². The Bertz CT molecular complexity index is 40.3. The normalized spacial score (nSPS) is 5.12. The molecule has 0 rings (SSSR count). The zero-order valence-corrected chi connectivity index (χ0v) is 10.9. The van der Waals surface area contributed by atoms with Gasteiger partial charge in [-0.3, -0.25) is 0 Å². The van der Waals surface area contributed by atoms with E-state index in [-0.39, 0.29) is 59.1 Å². The van der Waals surface area contributed by atoms with E-state index in [1.54, 1.807) is 0 Å². The van der Waals surface area contributed by atoms with E-state index in [1.807, 2.05) is 0 Å². The summed E-state index contributed by atoms with van der Waals surface area (Å²) in [6.45, 7) is 0. The Morgan fingerprint density at radius 1 is 1.25 bits per heavy atom. The van der Waals surface area contributed by atoms with E-state index in [0.29, 0.717) is 0 Å². The van der Waals surface area contributed by atoms with Crippen LogP contribution >= 0.6 is 19.9 Å². The Labute approximate surface area is 98.3 Å². The van der Waals surface area contributed by atoms with Gasteiger partial charge in [0.25, 0.3) is 0 Å². The van der Waals surface area contributed by atoms with Crippen LogP contribution in [0.4, 0.5) is 0 Å². The standard InChI is InChI=1S/CH3Cl.2Na.H3O3P/c1-2;;;1-4(2)3/h1H3;;;4H,(H2,1,2,3)/q;2*+1;/p-2. The van der Waals surface area contributed by atoms with Crippen LogP contribution in [0.5, 0.6) is 0 Å². The second kappa shape index (κ2) is 22.7. The van der Waals surface area contributed by atoms with Crippen molar-refractivity contribution in [3.05, 3.63) is 0 Å². The summed E-state index contributed by atoms with van der Waals surface area (Å²) in [4.78, 5) is 17.0. The van der Waals surface area contributed by atoms with Gasteiger partial charge in [-0.05, 0) is 0 Å². The largest absolute Gasteiger partial charge is 1.00 e. The monoisotopic (exact) mass is 176 g/mol. The maximum absolute atomic E-state index is 8.52. The van der Waals surface area contributed by atoms with Crippen molar-refractivity contribution in [2.75, 3.05) is 6.38 Å². The van der Waals surface area contributed by atoms with Crippen LogP contribution in [0.3, 0.4) is 0 Å². The minimum absolute atomic E-state index is 0. The van der Waals surface area contributed by atoms with Crippen molar-refractivity contribution in [1.82, 2.24) is 0 Å². The first kappa shape index (κ1) is 22.4. The molecular weight excluding hydrogens is 172 g/mol. The number of rotatable bonds is 0. The minimum Gasteiger partial charge on any atom is -0.813 e. The van der Waals surface area contributed by atoms with E-state index in [2.05, 4.69) is 11.6 Å². The van der Waals surface area contributed by atoms with Crippen LogP contribution in [-0.2, 0) is 4.57 Å². The molecule has 0 aromatic heterocycles. The fraction of sp³-hybridized carbons (Fsp3) is 1.00. The van der Waals surface area contributed by atoms with Gasteiger partial charge in [-0.1, -0.05) is 8.25 Å². The van der Waals surface area contributed by atoms with Crippen LogP contribution in [0.25, 0.3) is 0 Å². The molecule has 40 valence electrons. The molecule has 0 bridgehead atoms. The minimum atomic E-state index is -3.63. The van der Waals surface area contributed by atoms with Crippen molar-refractivity contribution < 1.29 is 73.5 Å². The maximum atomic E-state index is 8.52. The Kier molecular flexibility index (Phi) is 63.7. The number of hydrogen-bond donors (Lipinski definition) is 0. The van der Waals surface area contributed by atoms with Crippen LogP contribution in [-0.4, -0.2) is 6.38 Å². The molecule has 0 atom stereocenters. The number of alkyl halides is 1. The fourth-order valence-electron chi connectivity index (χ4n) is 0. The predicted molar refractivity (Wildman–Crippen MR) is 20.8 cm³/mol. The van der Waals surface area contributed by atoms with Crippen LogP contribution in [0.1, 0.15) is 0 Å². The molecular formula is CH4ClNa2O3P. The Morgan fingerprint density at radius 3 is 1.25 bits per heavy atom. The SMILES string of the molecule is CCl.O=[PH]([O-])[O-].[Na+].[Na+]. The summed E-state index contributed by atoms with van der Waals surface area (Å²) < 4.78 is 8.52. The molecule has 0 saturated heterocycles. The zero-order valence-electron chi connectivity index (χ0n) is 5.10. The summed E-state index contributed by atoms with van der Waals surface area (Å²) in [7, 11) is -3.63. The van der Waals surface area contributed by atoms with E-state index < -0.39 is 8.25 Å². The molecule has 0 fully saturated rings. The summed E-state index contributed by atoms with van der Waals surface area (Å²) in [5.41, 5.74) is 0. The van der Waals surface area contributed by atoms with Gasteiger partial charge in [0, 0.05) is 6.38 Å². The molecule has 7 heteroatoms. The van der Waals surface area contributed by atoms with Crippen molar-refractivity contribution in [2.24, 2.45) is 0 Å². The third-order valence-corrected chi connectivity index (χ3v) is 0. The van der Waals surface area contributed by atoms with Gasteiger partial charge in [-0.15, -0.1) is 11.6 Å². The molecule has 0 amide bonds. The van der Waals surface area contributed by atoms with Gasteiger partial charge >= 0.3 is 59.1 Å². The van der Waals surface area contributed by atoms with Crippen LogP contribution < -0.4 is 68.9 Å². The molecule has 0 spiro atoms. The summed E-state index contributed by atoms with van der Waals surface area (Å²) in [6.07, 6.45) is 1.47. The smallest absolute Gasteiger partial charge is 0.813 e. The second-order valence-corrected chi connectivity index (χ2v) is 0.750. The summed E-state index contributed by atoms with van der Waals surface area (Å²) in [5, 5.41) is 0. The second-order valence-electron chi connectivity index (χ2n) is 0.250. The van der Waals surface area contributed by atoms with E-state index in [9.17, 15) is 0 Å². The number of hydrogen-bond acceptors (Lipinski definition) is 3. The van der Waals surface area contributed by atoms with Crippen LogP contribution in [0.15, 0.2) is 0 Å². The first-order valence-electron chi connectivity index (χ1n) is 0.990. The molecule has 0 aromatic rings. The first-order chi connectivity index (χ1) is 2.73. The fourth-order valence-corrected chi connectivity index (χ4v) is 0. The molecule has 0 aliphatic rings. The van der Waals surface area contributed by atoms with Crippen molar-refractivity contribution in [3.63, 3.8) is 0 Å². The molecule has 0 aliphatic carbocycles. The first-order valence-corrected chi connectivity index (χ1v) is 2.97. The molecule has 0 saturated carbocycles. The Hall–Kier alpha value is 2.44. The summed E-state index contributed by atoms with van der Waals surface area (Å²) in [6, 6.07) is 0. The van der Waals surface area contributed by atoms with E-state index in [1.165, 1.54) is 6.38 Å². The van der Waals surface area contributed by atoms with Crippen molar-refractivity contribution in [1.29, 1.82) is 0 Å². The third-order valence-electron chi connectivity index (χ3n) is 0. The maximum Gasteiger partial charge on any atom is 1.00 e. The van der Waals surface area contributed by atoms with Crippen molar-refractivity contribution in [2.45, 2.75) is 0 Å². The van der Waals surface area contributed by atoms with E-state index in [0.717, 1.165) is 0 Å². The molecule has 8 heavy (non-hydrogen) atoms. The summed E-state index contributed by atoms with van der Waals surface area (Å²) in [5.74, 6) is 0. The van der Waals surface area contributed by atoms with Gasteiger partial charge in [-0.25, -0.2) is 0 Å². The Morgan fingerprint density at radius 2 is 1.25 bits per heavy atom. The topological polar surface area (TPSA) is 63.2 Å². The van der Waals surface area contributed by atoms with Crippen molar-refractivity contribution in [3.8, 4) is 0 Å². The average Bonchev–Trinajstić information content (AvgIpc) is 1.41. The molecule has 0 aliphatic heterocycles. The van der Waals surface area contributed by atoms with Gasteiger partial charge in [0.1, 0.15) is 0 Å². The molecule has 3 nitrogen and oxygen atoms in total. The Balaban J connectivity index is -0.0000000183. The molecule has 0 radical (unpaired) electrons. The van der Waals surface area contributed by atoms with Crippen molar-refractivity contribution >= 4 is 19.9 Å². The molecule has 0 unspecified atom stereocenters. The predicted octanol–water partition coefficient (Wildman–Crippen LogP) is -7.04. The third kappa shape index (κ3) is 78.5. The van der Waals surface area contributed by atoms with Gasteiger partial charge in [0.05, 0.1) is 0 Å². The zero-order chi connectivity index (χ0) is 5.58.